The molecule has 3 heterocycles. The van der Waals surface area contributed by atoms with E-state index in [9.17, 15) is 4.79 Å². The molecule has 6 aromatic rings. The Bertz CT molecular complexity index is 1670. The first-order chi connectivity index (χ1) is 17.7. The van der Waals surface area contributed by atoms with E-state index < -0.39 is 0 Å². The summed E-state index contributed by atoms with van der Waals surface area (Å²) in [5.74, 6) is 0.808. The smallest absolute Gasteiger partial charge is 0.256 e. The molecule has 3 aromatic heterocycles. The minimum atomic E-state index is -0.235. The van der Waals surface area contributed by atoms with Crippen LogP contribution in [0.1, 0.15) is 16.1 Å². The number of rotatable bonds is 5. The number of fused-ring (bicyclic) bond motifs is 1. The fourth-order valence-corrected chi connectivity index (χ4v) is 4.14. The highest BCUT2D eigenvalue weighted by atomic mass is 16.1. The van der Waals surface area contributed by atoms with Crippen LogP contribution in [0.2, 0.25) is 0 Å². The molecule has 174 valence electrons. The molecule has 0 unspecified atom stereocenters. The Morgan fingerprint density at radius 1 is 0.806 bits per heavy atom. The zero-order chi connectivity index (χ0) is 24.5. The molecule has 0 aliphatic rings. The molecule has 8 heteroatoms. The Kier molecular flexibility index (Phi) is 5.31. The third kappa shape index (κ3) is 3.90. The van der Waals surface area contributed by atoms with E-state index in [-0.39, 0.29) is 5.91 Å². The highest BCUT2D eigenvalue weighted by Gasteiger charge is 2.18. The topological polar surface area (TPSA) is 90.5 Å². The van der Waals surface area contributed by atoms with Crippen LogP contribution < -0.4 is 5.32 Å². The molecule has 0 aliphatic heterocycles. The van der Waals surface area contributed by atoms with Gasteiger partial charge in [0.25, 0.3) is 5.91 Å². The number of hydrogen-bond acceptors (Lipinski definition) is 5. The second-order valence-corrected chi connectivity index (χ2v) is 8.31. The average Bonchev–Trinajstić information content (AvgIpc) is 3.53. The van der Waals surface area contributed by atoms with Crippen molar-refractivity contribution < 1.29 is 4.79 Å². The minimum Gasteiger partial charge on any atom is -0.306 e. The summed E-state index contributed by atoms with van der Waals surface area (Å²) in [6.45, 7) is 1.87. The van der Waals surface area contributed by atoms with Gasteiger partial charge in [0.15, 0.2) is 11.5 Å². The Labute approximate surface area is 206 Å². The van der Waals surface area contributed by atoms with Gasteiger partial charge >= 0.3 is 0 Å². The number of aryl methyl sites for hydroxylation is 1. The van der Waals surface area contributed by atoms with Gasteiger partial charge in [-0.1, -0.05) is 60.7 Å². The normalized spacial score (nSPS) is 11.0. The zero-order valence-electron chi connectivity index (χ0n) is 19.4. The number of nitrogens with one attached hydrogen (secondary N) is 1. The summed E-state index contributed by atoms with van der Waals surface area (Å²) in [6, 6.07) is 29.1. The number of para-hydroxylation sites is 1. The molecule has 6 rings (SSSR count). The van der Waals surface area contributed by atoms with Crippen molar-refractivity contribution in [3.63, 3.8) is 0 Å². The van der Waals surface area contributed by atoms with Crippen molar-refractivity contribution in [3.05, 3.63) is 115 Å². The van der Waals surface area contributed by atoms with E-state index in [0.29, 0.717) is 28.2 Å². The Hall–Kier alpha value is -5.11. The summed E-state index contributed by atoms with van der Waals surface area (Å²) < 4.78 is 3.37. The fraction of sp³-hybridized carbons (Fsp3) is 0.0357. The molecule has 0 atom stereocenters. The number of benzene rings is 3. The Morgan fingerprint density at radius 3 is 2.25 bits per heavy atom. The summed E-state index contributed by atoms with van der Waals surface area (Å²) in [4.78, 5) is 22.0. The van der Waals surface area contributed by atoms with E-state index in [1.54, 1.807) is 15.6 Å². The third-order valence-corrected chi connectivity index (χ3v) is 5.87. The standard InChI is InChI=1S/C28H21N7O/c1-19-16-25(32-28(36)22-14-12-21(13-15-22)20-8-4-2-5-9-20)35(33-19)27-24-17-31-34(26(24)29-18-30-27)23-10-6-3-7-11-23/h2-18H,1H3,(H,32,36). The first-order valence-electron chi connectivity index (χ1n) is 11.5. The van der Waals surface area contributed by atoms with Gasteiger partial charge in [-0.3, -0.25) is 4.79 Å². The van der Waals surface area contributed by atoms with Crippen molar-refractivity contribution >= 4 is 22.8 Å². The summed E-state index contributed by atoms with van der Waals surface area (Å²) in [5, 5.41) is 12.8. The maximum Gasteiger partial charge on any atom is 0.256 e. The molecule has 1 amide bonds. The Morgan fingerprint density at radius 2 is 1.50 bits per heavy atom. The second kappa shape index (κ2) is 8.92. The number of aromatic nitrogens is 6. The van der Waals surface area contributed by atoms with Crippen LogP contribution in [-0.4, -0.2) is 35.4 Å². The third-order valence-electron chi connectivity index (χ3n) is 5.87. The monoisotopic (exact) mass is 471 g/mol. The molecular formula is C28H21N7O. The summed E-state index contributed by atoms with van der Waals surface area (Å²) in [6.07, 6.45) is 3.19. The SMILES string of the molecule is Cc1cc(NC(=O)c2ccc(-c3ccccc3)cc2)n(-c2ncnc3c2cnn3-c2ccccc2)n1. The van der Waals surface area contributed by atoms with E-state index in [1.165, 1.54) is 6.33 Å². The number of carbonyl (C=O) groups is 1. The lowest BCUT2D eigenvalue weighted by atomic mass is 10.0. The van der Waals surface area contributed by atoms with Crippen LogP contribution in [0.25, 0.3) is 33.7 Å². The Balaban J connectivity index is 1.32. The first kappa shape index (κ1) is 21.4. The predicted octanol–water partition coefficient (Wildman–Crippen LogP) is 5.23. The van der Waals surface area contributed by atoms with E-state index >= 15 is 0 Å². The van der Waals surface area contributed by atoms with Crippen LogP contribution in [0.15, 0.2) is 104 Å². The van der Waals surface area contributed by atoms with Crippen LogP contribution in [0.4, 0.5) is 5.82 Å². The molecule has 0 spiro atoms. The van der Waals surface area contributed by atoms with Crippen molar-refractivity contribution in [1.29, 1.82) is 0 Å². The van der Waals surface area contributed by atoms with Crippen LogP contribution in [-0.2, 0) is 0 Å². The molecule has 0 saturated heterocycles. The van der Waals surface area contributed by atoms with Crippen molar-refractivity contribution in [2.75, 3.05) is 5.32 Å². The molecule has 0 bridgehead atoms. The number of amides is 1. The number of anilines is 1. The lowest BCUT2D eigenvalue weighted by molar-refractivity contribution is 0.102. The van der Waals surface area contributed by atoms with Gasteiger partial charge in [0.1, 0.15) is 12.1 Å². The van der Waals surface area contributed by atoms with Gasteiger partial charge in [0.2, 0.25) is 0 Å². The van der Waals surface area contributed by atoms with Crippen LogP contribution in [0.5, 0.6) is 0 Å². The number of carbonyl (C=O) groups excluding carboxylic acids is 1. The van der Waals surface area contributed by atoms with Gasteiger partial charge in [-0.2, -0.15) is 14.9 Å². The predicted molar refractivity (Wildman–Crippen MR) is 138 cm³/mol. The van der Waals surface area contributed by atoms with Gasteiger partial charge < -0.3 is 5.32 Å². The lowest BCUT2D eigenvalue weighted by Crippen LogP contribution is -2.15. The summed E-state index contributed by atoms with van der Waals surface area (Å²) >= 11 is 0. The molecule has 0 fully saturated rings. The van der Waals surface area contributed by atoms with Gasteiger partial charge in [-0.25, -0.2) is 14.6 Å². The molecule has 0 saturated carbocycles. The van der Waals surface area contributed by atoms with E-state index in [0.717, 1.165) is 22.5 Å². The molecule has 1 N–H and O–H groups in total. The van der Waals surface area contributed by atoms with E-state index in [1.807, 2.05) is 97.9 Å². The minimum absolute atomic E-state index is 0.235. The molecule has 36 heavy (non-hydrogen) atoms. The first-order valence-corrected chi connectivity index (χ1v) is 11.5. The highest BCUT2D eigenvalue weighted by Crippen LogP contribution is 2.25. The zero-order valence-corrected chi connectivity index (χ0v) is 19.4. The van der Waals surface area contributed by atoms with Crippen molar-refractivity contribution in [2.45, 2.75) is 6.92 Å². The fourth-order valence-electron chi connectivity index (χ4n) is 4.14. The summed E-state index contributed by atoms with van der Waals surface area (Å²) in [5.41, 5.74) is 4.97. The van der Waals surface area contributed by atoms with E-state index in [2.05, 4.69) is 25.5 Å². The molecule has 3 aromatic carbocycles. The molecule has 0 aliphatic carbocycles. The van der Waals surface area contributed by atoms with Crippen molar-refractivity contribution in [1.82, 2.24) is 29.5 Å². The highest BCUT2D eigenvalue weighted by molar-refractivity contribution is 6.04. The quantitative estimate of drug-likeness (QED) is 0.372. The van der Waals surface area contributed by atoms with Crippen molar-refractivity contribution in [3.8, 4) is 22.6 Å². The maximum absolute atomic E-state index is 13.1. The average molecular weight is 472 g/mol. The second-order valence-electron chi connectivity index (χ2n) is 8.31. The van der Waals surface area contributed by atoms with Crippen LogP contribution >= 0.6 is 0 Å². The van der Waals surface area contributed by atoms with Gasteiger partial charge in [-0.05, 0) is 42.3 Å². The van der Waals surface area contributed by atoms with E-state index in [4.69, 9.17) is 0 Å². The molecular weight excluding hydrogens is 450 g/mol. The van der Waals surface area contributed by atoms with Crippen molar-refractivity contribution in [2.24, 2.45) is 0 Å². The van der Waals surface area contributed by atoms with Crippen LogP contribution in [0, 0.1) is 6.92 Å². The van der Waals surface area contributed by atoms with Gasteiger partial charge in [-0.15, -0.1) is 0 Å². The number of nitrogens with zero attached hydrogens (tertiary/aromatic N) is 6. The maximum atomic E-state index is 13.1. The van der Waals surface area contributed by atoms with Gasteiger partial charge in [0.05, 0.1) is 23.0 Å². The number of hydrogen-bond donors (Lipinski definition) is 1. The van der Waals surface area contributed by atoms with Gasteiger partial charge in [0, 0.05) is 11.6 Å². The largest absolute Gasteiger partial charge is 0.306 e. The lowest BCUT2D eigenvalue weighted by Gasteiger charge is -2.10. The molecule has 8 nitrogen and oxygen atoms in total. The molecule has 0 radical (unpaired) electrons. The van der Waals surface area contributed by atoms with Crippen LogP contribution in [0.3, 0.4) is 0 Å². The summed E-state index contributed by atoms with van der Waals surface area (Å²) in [7, 11) is 0.